The molecule has 0 fully saturated rings. The van der Waals surface area contributed by atoms with E-state index in [-0.39, 0.29) is 5.91 Å². The topological polar surface area (TPSA) is 69.6 Å². The van der Waals surface area contributed by atoms with Crippen molar-refractivity contribution >= 4 is 23.2 Å². The number of hydrogen-bond acceptors (Lipinski definition) is 4. The number of nitrogens with zero attached hydrogens (tertiary/aromatic N) is 3. The molecule has 1 aromatic heterocycles. The lowest BCUT2D eigenvalue weighted by atomic mass is 9.99. The Hall–Kier alpha value is -2.41. The molecule has 0 spiro atoms. The van der Waals surface area contributed by atoms with Crippen LogP contribution in [0.5, 0.6) is 0 Å². The Morgan fingerprint density at radius 3 is 2.75 bits per heavy atom. The highest BCUT2D eigenvalue weighted by Gasteiger charge is 2.19. The van der Waals surface area contributed by atoms with Crippen molar-refractivity contribution in [2.24, 2.45) is 4.99 Å². The van der Waals surface area contributed by atoms with Crippen LogP contribution in [-0.2, 0) is 24.3 Å². The standard InChI is InChI=1S/C21H29N5OS/c1-15-16(2)28-19(25-15)13-24-21(22-3)23-11-6-9-20(27)26-12-10-17-7-4-5-8-18(17)14-26/h4-5,7-8H,6,9-14H2,1-3H3,(H2,22,23,24). The van der Waals surface area contributed by atoms with Gasteiger partial charge in [-0.3, -0.25) is 9.79 Å². The Kier molecular flexibility index (Phi) is 7.03. The first-order chi connectivity index (χ1) is 13.6. The minimum Gasteiger partial charge on any atom is -0.356 e. The third-order valence-corrected chi connectivity index (χ3v) is 6.12. The number of amides is 1. The van der Waals surface area contributed by atoms with Gasteiger partial charge in [-0.1, -0.05) is 24.3 Å². The fourth-order valence-electron chi connectivity index (χ4n) is 3.31. The molecule has 150 valence electrons. The van der Waals surface area contributed by atoms with E-state index in [9.17, 15) is 4.79 Å². The highest BCUT2D eigenvalue weighted by Crippen LogP contribution is 2.19. The number of hydrogen-bond donors (Lipinski definition) is 2. The number of aliphatic imine (C=N–C) groups is 1. The molecule has 0 radical (unpaired) electrons. The van der Waals surface area contributed by atoms with Crippen molar-refractivity contribution in [1.29, 1.82) is 0 Å². The lowest BCUT2D eigenvalue weighted by Crippen LogP contribution is -2.38. The lowest BCUT2D eigenvalue weighted by Gasteiger charge is -2.29. The number of rotatable bonds is 6. The van der Waals surface area contributed by atoms with Gasteiger partial charge in [0, 0.05) is 38.0 Å². The first-order valence-corrected chi connectivity index (χ1v) is 10.6. The van der Waals surface area contributed by atoms with Crippen molar-refractivity contribution in [3.63, 3.8) is 0 Å². The van der Waals surface area contributed by atoms with Gasteiger partial charge >= 0.3 is 0 Å². The van der Waals surface area contributed by atoms with E-state index in [1.807, 2.05) is 17.9 Å². The second-order valence-electron chi connectivity index (χ2n) is 7.04. The fourth-order valence-corrected chi connectivity index (χ4v) is 4.18. The molecule has 2 heterocycles. The van der Waals surface area contributed by atoms with E-state index in [1.54, 1.807) is 18.4 Å². The van der Waals surface area contributed by atoms with Crippen LogP contribution >= 0.6 is 11.3 Å². The van der Waals surface area contributed by atoms with Crippen molar-refractivity contribution < 1.29 is 4.79 Å². The predicted octanol–water partition coefficient (Wildman–Crippen LogP) is 2.79. The zero-order valence-corrected chi connectivity index (χ0v) is 17.7. The number of aromatic nitrogens is 1. The highest BCUT2D eigenvalue weighted by atomic mass is 32.1. The summed E-state index contributed by atoms with van der Waals surface area (Å²) in [6.45, 7) is 7.04. The summed E-state index contributed by atoms with van der Waals surface area (Å²) in [4.78, 5) is 24.5. The molecule has 0 unspecified atom stereocenters. The maximum atomic E-state index is 12.5. The molecule has 0 bridgehead atoms. The first kappa shape index (κ1) is 20.3. The molecule has 0 atom stereocenters. The number of guanidine groups is 1. The number of carbonyl (C=O) groups excluding carboxylic acids is 1. The second-order valence-corrected chi connectivity index (χ2v) is 8.33. The third-order valence-electron chi connectivity index (χ3n) is 5.05. The van der Waals surface area contributed by atoms with E-state index in [1.165, 1.54) is 16.0 Å². The van der Waals surface area contributed by atoms with Gasteiger partial charge in [-0.05, 0) is 37.8 Å². The van der Waals surface area contributed by atoms with Crippen LogP contribution in [0.15, 0.2) is 29.3 Å². The fraction of sp³-hybridized carbons (Fsp3) is 0.476. The second kappa shape index (κ2) is 9.68. The summed E-state index contributed by atoms with van der Waals surface area (Å²) in [7, 11) is 1.75. The van der Waals surface area contributed by atoms with Crippen LogP contribution < -0.4 is 10.6 Å². The van der Waals surface area contributed by atoms with Gasteiger partial charge < -0.3 is 15.5 Å². The molecule has 0 aliphatic carbocycles. The van der Waals surface area contributed by atoms with Crippen LogP contribution in [0.25, 0.3) is 0 Å². The Morgan fingerprint density at radius 1 is 1.25 bits per heavy atom. The van der Waals surface area contributed by atoms with Gasteiger partial charge in [-0.2, -0.15) is 0 Å². The number of benzene rings is 1. The molecule has 1 aliphatic rings. The summed E-state index contributed by atoms with van der Waals surface area (Å²) in [5.41, 5.74) is 3.73. The minimum atomic E-state index is 0.230. The molecule has 2 aromatic rings. The van der Waals surface area contributed by atoms with Crippen LogP contribution in [0.2, 0.25) is 0 Å². The van der Waals surface area contributed by atoms with Gasteiger partial charge in [0.1, 0.15) is 5.01 Å². The van der Waals surface area contributed by atoms with Crippen molar-refractivity contribution in [3.8, 4) is 0 Å². The van der Waals surface area contributed by atoms with E-state index in [0.29, 0.717) is 19.5 Å². The van der Waals surface area contributed by atoms with Crippen molar-refractivity contribution in [3.05, 3.63) is 51.0 Å². The molecule has 2 N–H and O–H groups in total. The molecule has 1 amide bonds. The number of nitrogens with one attached hydrogen (secondary N) is 2. The number of aryl methyl sites for hydroxylation is 2. The molecule has 7 heteroatoms. The number of thiazole rings is 1. The highest BCUT2D eigenvalue weighted by molar-refractivity contribution is 7.11. The molecular formula is C21H29N5OS. The Balaban J connectivity index is 1.37. The summed E-state index contributed by atoms with van der Waals surface area (Å²) < 4.78 is 0. The molecular weight excluding hydrogens is 370 g/mol. The minimum absolute atomic E-state index is 0.230. The van der Waals surface area contributed by atoms with Gasteiger partial charge in [0.15, 0.2) is 5.96 Å². The molecule has 28 heavy (non-hydrogen) atoms. The Bertz CT molecular complexity index is 826. The Labute approximate surface area is 171 Å². The molecule has 1 aromatic carbocycles. The summed E-state index contributed by atoms with van der Waals surface area (Å²) >= 11 is 1.70. The monoisotopic (exact) mass is 399 g/mol. The average molecular weight is 400 g/mol. The SMILES string of the molecule is CN=C(NCCCC(=O)N1CCc2ccccc2C1)NCc1nc(C)c(C)s1. The molecule has 1 aliphatic heterocycles. The smallest absolute Gasteiger partial charge is 0.222 e. The van der Waals surface area contributed by atoms with Crippen LogP contribution in [0.4, 0.5) is 0 Å². The van der Waals surface area contributed by atoms with Crippen LogP contribution in [-0.4, -0.2) is 41.9 Å². The Morgan fingerprint density at radius 2 is 2.04 bits per heavy atom. The van der Waals surface area contributed by atoms with Gasteiger partial charge in [0.05, 0.1) is 12.2 Å². The predicted molar refractivity (Wildman–Crippen MR) is 115 cm³/mol. The van der Waals surface area contributed by atoms with Crippen molar-refractivity contribution in [2.75, 3.05) is 20.1 Å². The van der Waals surface area contributed by atoms with Crippen LogP contribution in [0.1, 0.15) is 39.5 Å². The van der Waals surface area contributed by atoms with Crippen molar-refractivity contribution in [2.45, 2.75) is 46.2 Å². The largest absolute Gasteiger partial charge is 0.356 e. The summed E-state index contributed by atoms with van der Waals surface area (Å²) in [5.74, 6) is 0.970. The van der Waals surface area contributed by atoms with Gasteiger partial charge in [0.2, 0.25) is 5.91 Å². The maximum absolute atomic E-state index is 12.5. The van der Waals surface area contributed by atoms with Gasteiger partial charge in [-0.15, -0.1) is 11.3 Å². The number of fused-ring (bicyclic) bond motifs is 1. The van der Waals surface area contributed by atoms with Crippen molar-refractivity contribution in [1.82, 2.24) is 20.5 Å². The molecule has 0 saturated heterocycles. The molecule has 3 rings (SSSR count). The summed E-state index contributed by atoms with van der Waals surface area (Å²) in [5, 5.41) is 7.61. The average Bonchev–Trinajstić information content (AvgIpc) is 3.04. The van der Waals surface area contributed by atoms with Gasteiger partial charge in [0.25, 0.3) is 0 Å². The maximum Gasteiger partial charge on any atom is 0.222 e. The zero-order chi connectivity index (χ0) is 19.9. The van der Waals surface area contributed by atoms with E-state index in [4.69, 9.17) is 0 Å². The number of carbonyl (C=O) groups is 1. The van der Waals surface area contributed by atoms with E-state index in [2.05, 4.69) is 45.7 Å². The van der Waals surface area contributed by atoms with Crippen LogP contribution in [0.3, 0.4) is 0 Å². The van der Waals surface area contributed by atoms with E-state index < -0.39 is 0 Å². The normalized spacial score (nSPS) is 14.0. The quantitative estimate of drug-likeness (QED) is 0.445. The van der Waals surface area contributed by atoms with Crippen LogP contribution in [0, 0.1) is 13.8 Å². The molecule has 0 saturated carbocycles. The third kappa shape index (κ3) is 5.32. The summed E-state index contributed by atoms with van der Waals surface area (Å²) in [6, 6.07) is 8.40. The van der Waals surface area contributed by atoms with Gasteiger partial charge in [-0.25, -0.2) is 4.98 Å². The molecule has 6 nitrogen and oxygen atoms in total. The summed E-state index contributed by atoms with van der Waals surface area (Å²) in [6.07, 6.45) is 2.29. The van der Waals surface area contributed by atoms with E-state index >= 15 is 0 Å². The zero-order valence-electron chi connectivity index (χ0n) is 16.9. The first-order valence-electron chi connectivity index (χ1n) is 9.79. The van der Waals surface area contributed by atoms with E-state index in [0.717, 1.165) is 42.6 Å². The lowest BCUT2D eigenvalue weighted by molar-refractivity contribution is -0.132.